The van der Waals surface area contributed by atoms with Crippen molar-refractivity contribution in [2.24, 2.45) is 29.6 Å². The number of aromatic nitrogens is 2. The molecule has 18 atom stereocenters. The first-order valence-corrected chi connectivity index (χ1v) is 21.7. The Balaban J connectivity index is 1.82. The number of likely N-dealkylation sites (N-methyl/N-ethyl adjacent to an activating group) is 1. The Bertz CT molecular complexity index is 1600. The lowest BCUT2D eigenvalue weighted by Crippen LogP contribution is -2.61. The maximum absolute atomic E-state index is 14.4. The molecule has 1 aromatic heterocycles. The van der Waals surface area contributed by atoms with E-state index in [1.807, 2.05) is 46.7 Å². The number of rotatable bonds is 9. The highest BCUT2D eigenvalue weighted by Gasteiger charge is 2.54. The van der Waals surface area contributed by atoms with Gasteiger partial charge in [-0.25, -0.2) is 4.98 Å². The van der Waals surface area contributed by atoms with E-state index in [-0.39, 0.29) is 35.9 Å². The average molecular weight is 870 g/mol. The molecule has 16 nitrogen and oxygen atoms in total. The molecule has 0 bridgehead atoms. The summed E-state index contributed by atoms with van der Waals surface area (Å²) in [4.78, 5) is 46.9. The van der Waals surface area contributed by atoms with Crippen LogP contribution in [0.25, 0.3) is 0 Å². The number of esters is 2. The number of imidazole rings is 1. The number of nitrogens with zero attached hydrogens (tertiary/aromatic N) is 3. The molecule has 3 aliphatic heterocycles. The number of thiocarbonyl (C=S) groups is 1. The van der Waals surface area contributed by atoms with Crippen molar-refractivity contribution in [3.05, 3.63) is 18.7 Å². The number of ketones is 1. The van der Waals surface area contributed by atoms with E-state index in [0.29, 0.717) is 12.8 Å². The molecule has 4 heterocycles. The predicted octanol–water partition coefficient (Wildman–Crippen LogP) is 4.30. The quantitative estimate of drug-likeness (QED) is 0.264. The summed E-state index contributed by atoms with van der Waals surface area (Å²) in [6, 6.07) is -0.307. The standard InChI is InChI=1S/C43H71N3O13S/c1-15-31-24(4)34(49)25(5)33(48)22(2)19-42(10,51)37(58-40-36(55-29(9)47)30(45(12)13)18-23(3)53-40)26(6)35(27(7)39(50)56-31)57-32-20-43(11,52-14)38(28(8)54-32)59-41(60)46-17-16-44-21-46/h16-17,21-28,30-32,34-38,40,49,51H,15,18-20H2,1-14H3/t22-,23-,24+,25+,26+,27-,28+,30+,31-,32+,34+,35+,36-,37-,38+,40+,42-,43-/m1/s1. The fourth-order valence-corrected chi connectivity index (χ4v) is 9.62. The van der Waals surface area contributed by atoms with Crippen LogP contribution in [0, 0.1) is 29.6 Å². The van der Waals surface area contributed by atoms with E-state index >= 15 is 0 Å². The highest BCUT2D eigenvalue weighted by atomic mass is 32.1. The SMILES string of the molecule is CC[C@H]1OC(=O)[C@H](C)[C@@H](O[C@H]2C[C@@](C)(OC)[C@@H](OC(=S)n3ccnc3)[C@H](C)O2)[C@H](C)[C@@H](O[C@@H]2O[C@H](C)C[C@H](N(C)C)[C@H]2OC(C)=O)[C@](C)(O)C[C@@H](C)C(=O)[C@H](C)[C@@H](O)[C@H]1C. The number of methoxy groups -OCH3 is 1. The third kappa shape index (κ3) is 11.5. The second-order valence-corrected chi connectivity index (χ2v) is 18.5. The van der Waals surface area contributed by atoms with Gasteiger partial charge in [0.1, 0.15) is 23.8 Å². The highest BCUT2D eigenvalue weighted by Crippen LogP contribution is 2.41. The molecule has 17 heteroatoms. The minimum absolute atomic E-state index is 0.0821. The van der Waals surface area contributed by atoms with Gasteiger partial charge in [-0.3, -0.25) is 19.0 Å². The molecule has 0 spiro atoms. The summed E-state index contributed by atoms with van der Waals surface area (Å²) in [5.41, 5.74) is -2.78. The third-order valence-electron chi connectivity index (χ3n) is 13.0. The van der Waals surface area contributed by atoms with E-state index in [0.717, 1.165) is 0 Å². The highest BCUT2D eigenvalue weighted by molar-refractivity contribution is 7.80. The molecule has 342 valence electrons. The van der Waals surface area contributed by atoms with Crippen LogP contribution in [0.1, 0.15) is 102 Å². The molecular weight excluding hydrogens is 799 g/mol. The van der Waals surface area contributed by atoms with Crippen LogP contribution in [0.4, 0.5) is 0 Å². The van der Waals surface area contributed by atoms with Gasteiger partial charge in [-0.05, 0) is 80.2 Å². The Kier molecular flexibility index (Phi) is 17.3. The second kappa shape index (κ2) is 20.7. The molecule has 0 saturated carbocycles. The van der Waals surface area contributed by atoms with Gasteiger partial charge in [0, 0.05) is 56.5 Å². The van der Waals surface area contributed by atoms with E-state index in [1.165, 1.54) is 13.3 Å². The van der Waals surface area contributed by atoms with Gasteiger partial charge >= 0.3 is 11.9 Å². The molecule has 0 aromatic carbocycles. The number of hydrogen-bond acceptors (Lipinski definition) is 16. The van der Waals surface area contributed by atoms with Gasteiger partial charge in [-0.2, -0.15) is 0 Å². The van der Waals surface area contributed by atoms with Crippen molar-refractivity contribution in [2.45, 2.75) is 181 Å². The fourth-order valence-electron chi connectivity index (χ4n) is 9.40. The average Bonchev–Trinajstić information content (AvgIpc) is 3.73. The van der Waals surface area contributed by atoms with Crippen molar-refractivity contribution < 1.29 is 62.5 Å². The largest absolute Gasteiger partial charge is 0.462 e. The van der Waals surface area contributed by atoms with Crippen LogP contribution in [0.15, 0.2) is 18.7 Å². The van der Waals surface area contributed by atoms with Crippen LogP contribution in [0.3, 0.4) is 0 Å². The summed E-state index contributed by atoms with van der Waals surface area (Å²) in [6.07, 6.45) is -3.01. The number of carbonyl (C=O) groups is 3. The van der Waals surface area contributed by atoms with Crippen molar-refractivity contribution in [2.75, 3.05) is 21.2 Å². The molecule has 60 heavy (non-hydrogen) atoms. The lowest BCUT2D eigenvalue weighted by Gasteiger charge is -2.49. The summed E-state index contributed by atoms with van der Waals surface area (Å²) < 4.78 is 52.6. The number of cyclic esters (lactones) is 1. The van der Waals surface area contributed by atoms with Crippen molar-refractivity contribution in [1.82, 2.24) is 14.5 Å². The van der Waals surface area contributed by atoms with E-state index in [4.69, 9.17) is 50.1 Å². The third-order valence-corrected chi connectivity index (χ3v) is 13.3. The fraction of sp³-hybridized carbons (Fsp3) is 0.837. The second-order valence-electron chi connectivity index (χ2n) is 18.1. The number of Topliss-reactive ketones (excluding diaryl/α,β-unsaturated/α-hetero) is 1. The summed E-state index contributed by atoms with van der Waals surface area (Å²) >= 11 is 5.56. The molecule has 3 saturated heterocycles. The molecule has 0 aliphatic carbocycles. The van der Waals surface area contributed by atoms with Gasteiger partial charge in [0.2, 0.25) is 0 Å². The molecule has 0 radical (unpaired) electrons. The maximum Gasteiger partial charge on any atom is 0.311 e. The van der Waals surface area contributed by atoms with E-state index < -0.39 is 108 Å². The van der Waals surface area contributed by atoms with Crippen molar-refractivity contribution >= 4 is 35.1 Å². The van der Waals surface area contributed by atoms with E-state index in [9.17, 15) is 24.6 Å². The maximum atomic E-state index is 14.4. The first kappa shape index (κ1) is 50.0. The Labute approximate surface area is 361 Å². The number of carbonyl (C=O) groups excluding carboxylic acids is 3. The number of hydrogen-bond donors (Lipinski definition) is 2. The molecule has 3 fully saturated rings. The Hall–Kier alpha value is -2.61. The minimum Gasteiger partial charge on any atom is -0.462 e. The normalized spacial score (nSPS) is 42.5. The lowest BCUT2D eigenvalue weighted by atomic mass is 9.74. The first-order valence-electron chi connectivity index (χ1n) is 21.3. The summed E-state index contributed by atoms with van der Waals surface area (Å²) in [5.74, 6) is -5.38. The van der Waals surface area contributed by atoms with Crippen molar-refractivity contribution in [1.29, 1.82) is 0 Å². The molecule has 0 unspecified atom stereocenters. The van der Waals surface area contributed by atoms with Crippen LogP contribution >= 0.6 is 12.2 Å². The number of ether oxygens (including phenoxy) is 8. The van der Waals surface area contributed by atoms with Crippen LogP contribution in [0.5, 0.6) is 0 Å². The predicted molar refractivity (Wildman–Crippen MR) is 223 cm³/mol. The van der Waals surface area contributed by atoms with Crippen LogP contribution < -0.4 is 0 Å². The Morgan fingerprint density at radius 3 is 2.22 bits per heavy atom. The zero-order chi connectivity index (χ0) is 45.0. The van der Waals surface area contributed by atoms with Gasteiger partial charge in [0.05, 0.1) is 48.1 Å². The molecule has 0 amide bonds. The molecular formula is C43H71N3O13S. The lowest BCUT2D eigenvalue weighted by molar-refractivity contribution is -0.317. The molecule has 3 aliphatic rings. The van der Waals surface area contributed by atoms with Crippen LogP contribution in [0.2, 0.25) is 0 Å². The monoisotopic (exact) mass is 869 g/mol. The Morgan fingerprint density at radius 1 is 0.983 bits per heavy atom. The smallest absolute Gasteiger partial charge is 0.311 e. The topological polar surface area (TPSA) is 187 Å². The van der Waals surface area contributed by atoms with Crippen molar-refractivity contribution in [3.63, 3.8) is 0 Å². The van der Waals surface area contributed by atoms with Gasteiger partial charge < -0.3 is 53.0 Å². The first-order chi connectivity index (χ1) is 28.0. The van der Waals surface area contributed by atoms with Crippen LogP contribution in [-0.2, 0) is 52.3 Å². The number of aliphatic hydroxyl groups is 2. The summed E-state index contributed by atoms with van der Waals surface area (Å²) in [5, 5.41) is 24.3. The number of aliphatic hydroxyl groups excluding tert-OH is 1. The van der Waals surface area contributed by atoms with Gasteiger partial charge in [-0.1, -0.05) is 34.6 Å². The molecule has 4 rings (SSSR count). The summed E-state index contributed by atoms with van der Waals surface area (Å²) in [6.45, 7) is 18.9. The van der Waals surface area contributed by atoms with E-state index in [2.05, 4.69) is 4.98 Å². The van der Waals surface area contributed by atoms with Gasteiger partial charge in [0.15, 0.2) is 24.8 Å². The van der Waals surface area contributed by atoms with Crippen molar-refractivity contribution in [3.8, 4) is 0 Å². The molecule has 1 aromatic rings. The zero-order valence-electron chi connectivity index (χ0n) is 37.9. The van der Waals surface area contributed by atoms with Gasteiger partial charge in [-0.15, -0.1) is 0 Å². The van der Waals surface area contributed by atoms with Gasteiger partial charge in [0.25, 0.3) is 5.17 Å². The van der Waals surface area contributed by atoms with E-state index in [1.54, 1.807) is 65.6 Å². The minimum atomic E-state index is -1.78. The Morgan fingerprint density at radius 2 is 1.65 bits per heavy atom. The van der Waals surface area contributed by atoms with Crippen LogP contribution in [-0.4, -0.2) is 147 Å². The molecule has 2 N–H and O–H groups in total. The summed E-state index contributed by atoms with van der Waals surface area (Å²) in [7, 11) is 5.31. The zero-order valence-corrected chi connectivity index (χ0v) is 38.7.